The molecule has 0 unspecified atom stereocenters. The molecule has 12 heteroatoms. The van der Waals surface area contributed by atoms with Gasteiger partial charge in [0.15, 0.2) is 5.82 Å². The van der Waals surface area contributed by atoms with E-state index in [0.717, 1.165) is 28.6 Å². The first-order valence-corrected chi connectivity index (χ1v) is 12.6. The standard InChI is InChI=1S/C22H23ClN6O4S/c1-34(32,33)28-19-5-3-2-4-15(19)11-24-20-18(23)12-25-21(27-20)26-17-7-6-16-13-29(22(30)31)9-8-14(16)10-17/h2-7,10,12,28H,8-9,11,13H2,1H3,(H,30,31)(H2,24,25,26,27). The normalized spacial score (nSPS) is 13.2. The molecule has 0 fully saturated rings. The molecule has 4 rings (SSSR count). The van der Waals surface area contributed by atoms with Crippen LogP contribution in [0.15, 0.2) is 48.7 Å². The quantitative estimate of drug-likeness (QED) is 0.382. The largest absolute Gasteiger partial charge is 0.465 e. The number of aromatic nitrogens is 2. The number of carbonyl (C=O) groups is 1. The van der Waals surface area contributed by atoms with Crippen molar-refractivity contribution < 1.29 is 18.3 Å². The number of hydrogen-bond acceptors (Lipinski definition) is 7. The fraction of sp³-hybridized carbons (Fsp3) is 0.227. The summed E-state index contributed by atoms with van der Waals surface area (Å²) in [7, 11) is -3.42. The van der Waals surface area contributed by atoms with Crippen molar-refractivity contribution in [2.24, 2.45) is 0 Å². The Morgan fingerprint density at radius 1 is 1.21 bits per heavy atom. The predicted molar refractivity (Wildman–Crippen MR) is 131 cm³/mol. The van der Waals surface area contributed by atoms with Gasteiger partial charge in [-0.2, -0.15) is 4.98 Å². The van der Waals surface area contributed by atoms with Gasteiger partial charge in [0.25, 0.3) is 0 Å². The van der Waals surface area contributed by atoms with Gasteiger partial charge in [-0.1, -0.05) is 35.9 Å². The average molecular weight is 503 g/mol. The van der Waals surface area contributed by atoms with Crippen LogP contribution in [0.3, 0.4) is 0 Å². The number of nitrogens with one attached hydrogen (secondary N) is 3. The summed E-state index contributed by atoms with van der Waals surface area (Å²) >= 11 is 6.27. The van der Waals surface area contributed by atoms with Crippen LogP contribution in [0, 0.1) is 0 Å². The molecule has 3 aromatic rings. The van der Waals surface area contributed by atoms with Crippen LogP contribution in [-0.2, 0) is 29.5 Å². The van der Waals surface area contributed by atoms with Gasteiger partial charge in [0.2, 0.25) is 16.0 Å². The van der Waals surface area contributed by atoms with Crippen molar-refractivity contribution in [3.05, 3.63) is 70.4 Å². The Morgan fingerprint density at radius 2 is 2.00 bits per heavy atom. The number of halogens is 1. The number of fused-ring (bicyclic) bond motifs is 1. The highest BCUT2D eigenvalue weighted by Crippen LogP contribution is 2.26. The lowest BCUT2D eigenvalue weighted by atomic mass is 9.99. The van der Waals surface area contributed by atoms with Crippen molar-refractivity contribution in [1.82, 2.24) is 14.9 Å². The summed E-state index contributed by atoms with van der Waals surface area (Å²) in [5.41, 5.74) is 4.02. The Hall–Kier alpha value is -3.57. The Labute approximate surface area is 202 Å². The molecule has 2 heterocycles. The van der Waals surface area contributed by atoms with Crippen LogP contribution in [0.1, 0.15) is 16.7 Å². The maximum Gasteiger partial charge on any atom is 0.407 e. The Bertz CT molecular complexity index is 1330. The maximum atomic E-state index is 11.6. The highest BCUT2D eigenvalue weighted by molar-refractivity contribution is 7.92. The Morgan fingerprint density at radius 3 is 2.76 bits per heavy atom. The number of amides is 1. The van der Waals surface area contributed by atoms with Gasteiger partial charge >= 0.3 is 6.09 Å². The SMILES string of the molecule is CS(=O)(=O)Nc1ccccc1CNc1nc(Nc2ccc3c(c2)CCN(C(=O)O)C3)ncc1Cl. The van der Waals surface area contributed by atoms with E-state index in [0.29, 0.717) is 42.0 Å². The van der Waals surface area contributed by atoms with Crippen LogP contribution in [0.4, 0.5) is 27.9 Å². The molecule has 0 radical (unpaired) electrons. The molecule has 4 N–H and O–H groups in total. The van der Waals surface area contributed by atoms with Gasteiger partial charge in [0.05, 0.1) is 18.1 Å². The van der Waals surface area contributed by atoms with Crippen molar-refractivity contribution in [2.45, 2.75) is 19.5 Å². The average Bonchev–Trinajstić information content (AvgIpc) is 2.79. The summed E-state index contributed by atoms with van der Waals surface area (Å²) in [6.45, 7) is 1.10. The zero-order chi connectivity index (χ0) is 24.3. The number of rotatable bonds is 7. The van der Waals surface area contributed by atoms with E-state index in [1.807, 2.05) is 24.3 Å². The van der Waals surface area contributed by atoms with Gasteiger partial charge in [-0.25, -0.2) is 18.2 Å². The van der Waals surface area contributed by atoms with Crippen molar-refractivity contribution in [3.8, 4) is 0 Å². The molecule has 34 heavy (non-hydrogen) atoms. The highest BCUT2D eigenvalue weighted by atomic mass is 35.5. The van der Waals surface area contributed by atoms with E-state index >= 15 is 0 Å². The van der Waals surface area contributed by atoms with Gasteiger partial charge in [-0.3, -0.25) is 4.72 Å². The highest BCUT2D eigenvalue weighted by Gasteiger charge is 2.20. The minimum atomic E-state index is -3.42. The maximum absolute atomic E-state index is 11.6. The molecule has 0 bridgehead atoms. The van der Waals surface area contributed by atoms with E-state index in [1.54, 1.807) is 18.2 Å². The molecule has 2 aromatic carbocycles. The van der Waals surface area contributed by atoms with Crippen LogP contribution in [0.2, 0.25) is 5.02 Å². The predicted octanol–water partition coefficient (Wildman–Crippen LogP) is 3.89. The number of anilines is 4. The lowest BCUT2D eigenvalue weighted by molar-refractivity contribution is 0.140. The molecule has 0 aliphatic carbocycles. The topological polar surface area (TPSA) is 137 Å². The minimum Gasteiger partial charge on any atom is -0.465 e. The molecule has 0 saturated heterocycles. The van der Waals surface area contributed by atoms with E-state index in [-0.39, 0.29) is 6.54 Å². The first-order chi connectivity index (χ1) is 16.2. The van der Waals surface area contributed by atoms with Crippen LogP contribution < -0.4 is 15.4 Å². The van der Waals surface area contributed by atoms with Gasteiger partial charge < -0.3 is 20.6 Å². The van der Waals surface area contributed by atoms with E-state index in [2.05, 4.69) is 25.3 Å². The lowest BCUT2D eigenvalue weighted by Gasteiger charge is -2.26. The number of nitrogens with zero attached hydrogens (tertiary/aromatic N) is 3. The molecule has 0 atom stereocenters. The number of carboxylic acid groups (broad SMARTS) is 1. The molecule has 0 spiro atoms. The molecule has 1 aliphatic rings. The Balaban J connectivity index is 1.47. The summed E-state index contributed by atoms with van der Waals surface area (Å²) < 4.78 is 25.7. The van der Waals surface area contributed by atoms with Gasteiger partial charge in [0.1, 0.15) is 5.02 Å². The number of para-hydroxylation sites is 1. The van der Waals surface area contributed by atoms with E-state index in [4.69, 9.17) is 11.6 Å². The van der Waals surface area contributed by atoms with Crippen molar-refractivity contribution >= 4 is 50.9 Å². The number of benzene rings is 2. The first-order valence-electron chi connectivity index (χ1n) is 10.4. The third kappa shape index (κ3) is 5.86. The molecule has 1 aromatic heterocycles. The fourth-order valence-corrected chi connectivity index (χ4v) is 4.38. The third-order valence-electron chi connectivity index (χ3n) is 5.25. The van der Waals surface area contributed by atoms with Gasteiger partial charge in [-0.05, 0) is 41.3 Å². The Kier molecular flexibility index (Phi) is 6.75. The van der Waals surface area contributed by atoms with Crippen molar-refractivity contribution in [2.75, 3.05) is 28.2 Å². The van der Waals surface area contributed by atoms with Crippen LogP contribution in [-0.4, -0.2) is 47.3 Å². The summed E-state index contributed by atoms with van der Waals surface area (Å²) in [5.74, 6) is 0.723. The fourth-order valence-electron chi connectivity index (χ4n) is 3.63. The molecule has 1 amide bonds. The smallest absolute Gasteiger partial charge is 0.407 e. The molecule has 1 aliphatic heterocycles. The van der Waals surface area contributed by atoms with Crippen LogP contribution in [0.25, 0.3) is 0 Å². The number of sulfonamides is 1. The second-order valence-electron chi connectivity index (χ2n) is 7.84. The lowest BCUT2D eigenvalue weighted by Crippen LogP contribution is -2.34. The zero-order valence-corrected chi connectivity index (χ0v) is 19.8. The molecular formula is C22H23ClN6O4S. The monoisotopic (exact) mass is 502 g/mol. The van der Waals surface area contributed by atoms with Crippen LogP contribution in [0.5, 0.6) is 0 Å². The molecule has 0 saturated carbocycles. The van der Waals surface area contributed by atoms with Crippen molar-refractivity contribution in [1.29, 1.82) is 0 Å². The van der Waals surface area contributed by atoms with E-state index < -0.39 is 16.1 Å². The number of hydrogen-bond donors (Lipinski definition) is 4. The first kappa shape index (κ1) is 23.6. The summed E-state index contributed by atoms with van der Waals surface area (Å²) in [6, 6.07) is 12.7. The molecular weight excluding hydrogens is 480 g/mol. The summed E-state index contributed by atoms with van der Waals surface area (Å²) in [5, 5.41) is 15.8. The second kappa shape index (κ2) is 9.74. The third-order valence-corrected chi connectivity index (χ3v) is 6.12. The van der Waals surface area contributed by atoms with Crippen molar-refractivity contribution in [3.63, 3.8) is 0 Å². The van der Waals surface area contributed by atoms with E-state index in [9.17, 15) is 18.3 Å². The summed E-state index contributed by atoms with van der Waals surface area (Å²) in [6.07, 6.45) is 2.28. The molecule has 178 valence electrons. The minimum absolute atomic E-state index is 0.286. The summed E-state index contributed by atoms with van der Waals surface area (Å²) in [4.78, 5) is 21.3. The van der Waals surface area contributed by atoms with Gasteiger partial charge in [-0.15, -0.1) is 0 Å². The second-order valence-corrected chi connectivity index (χ2v) is 9.99. The van der Waals surface area contributed by atoms with Gasteiger partial charge in [0, 0.05) is 25.3 Å². The molecule has 10 nitrogen and oxygen atoms in total. The van der Waals surface area contributed by atoms with Crippen LogP contribution >= 0.6 is 11.6 Å². The van der Waals surface area contributed by atoms with E-state index in [1.165, 1.54) is 11.1 Å². The zero-order valence-electron chi connectivity index (χ0n) is 18.2.